The van der Waals surface area contributed by atoms with Gasteiger partial charge in [0, 0.05) is 26.2 Å². The molecular weight excluding hydrogens is 422 g/mol. The van der Waals surface area contributed by atoms with Crippen LogP contribution in [0.5, 0.6) is 5.75 Å². The number of benzene rings is 2. The maximum atomic E-state index is 12.8. The van der Waals surface area contributed by atoms with Crippen molar-refractivity contribution in [3.05, 3.63) is 48.5 Å². The molecule has 2 aromatic carbocycles. The summed E-state index contributed by atoms with van der Waals surface area (Å²) in [4.78, 5) is 24.6. The molecule has 1 heterocycles. The Morgan fingerprint density at radius 1 is 1.19 bits per heavy atom. The minimum atomic E-state index is -3.80. The number of methoxy groups -OCH3 is 1. The topological polar surface area (TPSA) is 134 Å². The Morgan fingerprint density at radius 2 is 1.87 bits per heavy atom. The fourth-order valence-corrected chi connectivity index (χ4v) is 4.12. The van der Waals surface area contributed by atoms with Gasteiger partial charge in [-0.3, -0.25) is 14.6 Å². The second-order valence-corrected chi connectivity index (χ2v) is 9.08. The number of nitrogens with two attached hydrogens (primary N) is 1. The summed E-state index contributed by atoms with van der Waals surface area (Å²) in [5.41, 5.74) is 6.46. The van der Waals surface area contributed by atoms with E-state index >= 15 is 0 Å². The van der Waals surface area contributed by atoms with E-state index in [1.807, 2.05) is 6.07 Å². The van der Waals surface area contributed by atoms with Gasteiger partial charge in [0.05, 0.1) is 12.8 Å². The molecule has 0 spiro atoms. The van der Waals surface area contributed by atoms with Gasteiger partial charge in [0.1, 0.15) is 22.4 Å². The zero-order valence-corrected chi connectivity index (χ0v) is 18.1. The quantitative estimate of drug-likeness (QED) is 0.653. The van der Waals surface area contributed by atoms with E-state index in [-0.39, 0.29) is 28.5 Å². The van der Waals surface area contributed by atoms with Crippen LogP contribution in [-0.4, -0.2) is 57.5 Å². The second-order valence-electron chi connectivity index (χ2n) is 6.96. The van der Waals surface area contributed by atoms with E-state index in [0.29, 0.717) is 5.69 Å². The lowest BCUT2D eigenvalue weighted by atomic mass is 10.1. The van der Waals surface area contributed by atoms with Crippen LogP contribution >= 0.6 is 0 Å². The van der Waals surface area contributed by atoms with Crippen molar-refractivity contribution in [3.63, 3.8) is 0 Å². The van der Waals surface area contributed by atoms with Crippen molar-refractivity contribution in [2.75, 3.05) is 31.5 Å². The van der Waals surface area contributed by atoms with Crippen LogP contribution in [0.15, 0.2) is 58.5 Å². The van der Waals surface area contributed by atoms with Gasteiger partial charge in [0.25, 0.3) is 5.91 Å². The Balaban J connectivity index is 1.89. The molecule has 2 aromatic rings. The summed E-state index contributed by atoms with van der Waals surface area (Å²) in [5.74, 6) is -1.03. The van der Waals surface area contributed by atoms with Crippen molar-refractivity contribution in [1.82, 2.24) is 4.31 Å². The largest absolute Gasteiger partial charge is 0.495 e. The van der Waals surface area contributed by atoms with Gasteiger partial charge in [-0.05, 0) is 30.3 Å². The number of nitrogens with zero attached hydrogens (tertiary/aromatic N) is 3. The monoisotopic (exact) mass is 445 g/mol. The van der Waals surface area contributed by atoms with E-state index in [1.165, 1.54) is 44.4 Å². The normalized spacial score (nSPS) is 16.2. The Hall–Kier alpha value is -3.44. The van der Waals surface area contributed by atoms with E-state index in [2.05, 4.69) is 10.4 Å². The Kier molecular flexibility index (Phi) is 6.27. The minimum Gasteiger partial charge on any atom is -0.495 e. The minimum absolute atomic E-state index is 0.0229. The van der Waals surface area contributed by atoms with Gasteiger partial charge in [-0.1, -0.05) is 18.2 Å². The summed E-state index contributed by atoms with van der Waals surface area (Å²) >= 11 is 0. The number of nitrogens with one attached hydrogen (secondary N) is 1. The molecule has 3 N–H and O–H groups in total. The summed E-state index contributed by atoms with van der Waals surface area (Å²) in [6, 6.07) is 12.4. The lowest BCUT2D eigenvalue weighted by molar-refractivity contribution is -0.119. The van der Waals surface area contributed by atoms with Crippen LogP contribution in [0.25, 0.3) is 0 Å². The van der Waals surface area contributed by atoms with Crippen LogP contribution in [0.2, 0.25) is 0 Å². The van der Waals surface area contributed by atoms with E-state index in [0.717, 1.165) is 4.31 Å². The van der Waals surface area contributed by atoms with Crippen molar-refractivity contribution in [3.8, 4) is 5.75 Å². The number of carbonyl (C=O) groups is 2. The molecule has 1 unspecified atom stereocenters. The standard InChI is InChI=1S/C20H23N5O5S/c1-24(2)31(28,29)18-11-13(9-10-17(18)30-3)22-20(27)15-12-16(19(21)26)25(23-15)14-7-5-4-6-8-14/h4-11,16H,12H2,1-3H3,(H2,21,26)(H,22,27). The molecule has 31 heavy (non-hydrogen) atoms. The number of hydrogen-bond acceptors (Lipinski definition) is 7. The number of primary amides is 1. The second kappa shape index (κ2) is 8.74. The van der Waals surface area contributed by atoms with Crippen molar-refractivity contribution in [2.24, 2.45) is 10.8 Å². The van der Waals surface area contributed by atoms with Gasteiger partial charge in [-0.25, -0.2) is 12.7 Å². The first kappa shape index (κ1) is 22.2. The molecule has 0 bridgehead atoms. The zero-order chi connectivity index (χ0) is 22.8. The number of amides is 2. The van der Waals surface area contributed by atoms with Crippen LogP contribution in [-0.2, 0) is 19.6 Å². The predicted molar refractivity (Wildman–Crippen MR) is 116 cm³/mol. The molecule has 2 amide bonds. The molecule has 0 saturated heterocycles. The van der Waals surface area contributed by atoms with Gasteiger partial charge in [-0.15, -0.1) is 0 Å². The molecule has 0 radical (unpaired) electrons. The van der Waals surface area contributed by atoms with Gasteiger partial charge < -0.3 is 15.8 Å². The molecule has 3 rings (SSSR count). The highest BCUT2D eigenvalue weighted by Gasteiger charge is 2.35. The number of anilines is 2. The highest BCUT2D eigenvalue weighted by molar-refractivity contribution is 7.89. The summed E-state index contributed by atoms with van der Waals surface area (Å²) in [6.07, 6.45) is 0.0229. The third-order valence-electron chi connectivity index (χ3n) is 4.70. The highest BCUT2D eigenvalue weighted by atomic mass is 32.2. The Labute approximate surface area is 180 Å². The lowest BCUT2D eigenvalue weighted by Crippen LogP contribution is -2.39. The van der Waals surface area contributed by atoms with Gasteiger partial charge in [0.15, 0.2) is 0 Å². The summed E-state index contributed by atoms with van der Waals surface area (Å²) < 4.78 is 31.3. The van der Waals surface area contributed by atoms with Crippen LogP contribution in [0.1, 0.15) is 6.42 Å². The van der Waals surface area contributed by atoms with Gasteiger partial charge >= 0.3 is 0 Å². The lowest BCUT2D eigenvalue weighted by Gasteiger charge is -2.20. The highest BCUT2D eigenvalue weighted by Crippen LogP contribution is 2.29. The van der Waals surface area contributed by atoms with Crippen LogP contribution < -0.4 is 20.8 Å². The van der Waals surface area contributed by atoms with Gasteiger partial charge in [0.2, 0.25) is 15.9 Å². The third-order valence-corrected chi connectivity index (χ3v) is 6.54. The molecule has 0 fully saturated rings. The van der Waals surface area contributed by atoms with E-state index in [4.69, 9.17) is 10.5 Å². The maximum Gasteiger partial charge on any atom is 0.271 e. The smallest absolute Gasteiger partial charge is 0.271 e. The molecule has 1 aliphatic rings. The number of para-hydroxylation sites is 1. The first-order valence-corrected chi connectivity index (χ1v) is 10.7. The Bertz CT molecular complexity index is 1130. The number of hydrazone groups is 1. The van der Waals surface area contributed by atoms with Crippen molar-refractivity contribution < 1.29 is 22.7 Å². The molecule has 10 nitrogen and oxygen atoms in total. The SMILES string of the molecule is COc1ccc(NC(=O)C2=NN(c3ccccc3)C(C(N)=O)C2)cc1S(=O)(=O)N(C)C. The third kappa shape index (κ3) is 4.52. The number of ether oxygens (including phenoxy) is 1. The zero-order valence-electron chi connectivity index (χ0n) is 17.3. The van der Waals surface area contributed by atoms with Crippen molar-refractivity contribution >= 4 is 38.9 Å². The van der Waals surface area contributed by atoms with E-state index < -0.39 is 27.9 Å². The number of sulfonamides is 1. The predicted octanol–water partition coefficient (Wildman–Crippen LogP) is 1.00. The van der Waals surface area contributed by atoms with Crippen LogP contribution in [0.3, 0.4) is 0 Å². The molecule has 11 heteroatoms. The van der Waals surface area contributed by atoms with Crippen LogP contribution in [0.4, 0.5) is 11.4 Å². The summed E-state index contributed by atoms with van der Waals surface area (Å²) in [7, 11) is 0.351. The molecule has 1 aliphatic heterocycles. The average Bonchev–Trinajstić information content (AvgIpc) is 3.20. The van der Waals surface area contributed by atoms with Crippen molar-refractivity contribution in [2.45, 2.75) is 17.4 Å². The van der Waals surface area contributed by atoms with E-state index in [9.17, 15) is 18.0 Å². The molecule has 1 atom stereocenters. The fraction of sp³-hybridized carbons (Fsp3) is 0.250. The Morgan fingerprint density at radius 3 is 2.45 bits per heavy atom. The van der Waals surface area contributed by atoms with Crippen molar-refractivity contribution in [1.29, 1.82) is 0 Å². The van der Waals surface area contributed by atoms with E-state index in [1.54, 1.807) is 24.3 Å². The summed E-state index contributed by atoms with van der Waals surface area (Å²) in [6.45, 7) is 0. The molecular formula is C20H23N5O5S. The molecule has 0 aliphatic carbocycles. The molecule has 0 aromatic heterocycles. The number of rotatable bonds is 7. The number of hydrogen-bond donors (Lipinski definition) is 2. The first-order valence-electron chi connectivity index (χ1n) is 9.28. The van der Waals surface area contributed by atoms with Crippen LogP contribution in [0, 0.1) is 0 Å². The first-order chi connectivity index (χ1) is 14.6. The maximum absolute atomic E-state index is 12.8. The summed E-state index contributed by atoms with van der Waals surface area (Å²) in [5, 5.41) is 8.32. The molecule has 164 valence electrons. The fourth-order valence-electron chi connectivity index (χ4n) is 3.04. The molecule has 0 saturated carbocycles. The van der Waals surface area contributed by atoms with Gasteiger partial charge in [-0.2, -0.15) is 5.10 Å². The number of carbonyl (C=O) groups excluding carboxylic acids is 2. The average molecular weight is 446 g/mol.